The molecule has 0 aromatic heterocycles. The van der Waals surface area contributed by atoms with Crippen LogP contribution in [0.2, 0.25) is 0 Å². The van der Waals surface area contributed by atoms with Gasteiger partial charge in [-0.25, -0.2) is 0 Å². The molecule has 0 spiro atoms. The third-order valence-corrected chi connectivity index (χ3v) is 1.59. The van der Waals surface area contributed by atoms with E-state index < -0.39 is 23.9 Å². The number of rotatable bonds is 4. The predicted octanol–water partition coefficient (Wildman–Crippen LogP) is 1.70. The molecule has 1 aliphatic rings. The number of aliphatic carboxylic acids is 1. The smallest absolute Gasteiger partial charge is 0.481 e. The van der Waals surface area contributed by atoms with Gasteiger partial charge >= 0.3 is 12.3 Å². The van der Waals surface area contributed by atoms with E-state index >= 15 is 0 Å². The minimum absolute atomic E-state index is 0.000602. The molecule has 0 saturated heterocycles. The number of hydrogen-bond donors (Lipinski definition) is 1. The van der Waals surface area contributed by atoms with Crippen molar-refractivity contribution in [2.24, 2.45) is 5.92 Å². The standard InChI is InChI=1S/C8H8F2O4/c1-2-3-5(7(11)12)6-4-13-8(9,10)14-6/h2,4-5H,1,3H2,(H,11,12). The third-order valence-electron chi connectivity index (χ3n) is 1.59. The van der Waals surface area contributed by atoms with Gasteiger partial charge in [0.2, 0.25) is 0 Å². The average Bonchev–Trinajstić information content (AvgIpc) is 2.41. The summed E-state index contributed by atoms with van der Waals surface area (Å²) >= 11 is 0. The molecule has 0 saturated carbocycles. The molecule has 0 amide bonds. The molecule has 1 N–H and O–H groups in total. The zero-order chi connectivity index (χ0) is 10.8. The Labute approximate surface area is 78.4 Å². The Bertz CT molecular complexity index is 285. The second kappa shape index (κ2) is 3.65. The van der Waals surface area contributed by atoms with E-state index in [0.29, 0.717) is 6.26 Å². The first kappa shape index (κ1) is 10.5. The normalized spacial score (nSPS) is 20.3. The number of allylic oxidation sites excluding steroid dienone is 1. The topological polar surface area (TPSA) is 55.8 Å². The highest BCUT2D eigenvalue weighted by Gasteiger charge is 2.43. The van der Waals surface area contributed by atoms with Crippen molar-refractivity contribution in [3.8, 4) is 0 Å². The molecule has 4 nitrogen and oxygen atoms in total. The SMILES string of the molecule is C=CCC(C(=O)O)C1=COC(F)(F)O1. The first-order chi connectivity index (χ1) is 6.46. The van der Waals surface area contributed by atoms with Crippen LogP contribution >= 0.6 is 0 Å². The molecule has 0 aromatic rings. The summed E-state index contributed by atoms with van der Waals surface area (Å²) in [6.45, 7) is 3.32. The lowest BCUT2D eigenvalue weighted by molar-refractivity contribution is -0.335. The maximum atomic E-state index is 12.3. The van der Waals surface area contributed by atoms with E-state index in [-0.39, 0.29) is 6.42 Å². The van der Waals surface area contributed by atoms with Gasteiger partial charge in [-0.3, -0.25) is 4.79 Å². The lowest BCUT2D eigenvalue weighted by Gasteiger charge is -2.12. The van der Waals surface area contributed by atoms with Crippen LogP contribution in [-0.4, -0.2) is 17.4 Å². The molecule has 78 valence electrons. The van der Waals surface area contributed by atoms with Crippen LogP contribution < -0.4 is 0 Å². The van der Waals surface area contributed by atoms with Gasteiger partial charge in [0.1, 0.15) is 12.2 Å². The van der Waals surface area contributed by atoms with Crippen molar-refractivity contribution in [1.82, 2.24) is 0 Å². The van der Waals surface area contributed by atoms with E-state index in [1.165, 1.54) is 6.08 Å². The van der Waals surface area contributed by atoms with Gasteiger partial charge in [0.25, 0.3) is 0 Å². The molecule has 14 heavy (non-hydrogen) atoms. The summed E-state index contributed by atoms with van der Waals surface area (Å²) in [6.07, 6.45) is -1.84. The summed E-state index contributed by atoms with van der Waals surface area (Å²) in [5.74, 6) is -2.85. The summed E-state index contributed by atoms with van der Waals surface area (Å²) in [5.41, 5.74) is 0. The molecule has 1 rings (SSSR count). The second-order valence-corrected chi connectivity index (χ2v) is 2.62. The maximum absolute atomic E-state index is 12.3. The zero-order valence-electron chi connectivity index (χ0n) is 7.07. The molecule has 0 aromatic carbocycles. The fourth-order valence-corrected chi connectivity index (χ4v) is 0.971. The maximum Gasteiger partial charge on any atom is 0.585 e. The Morgan fingerprint density at radius 3 is 2.79 bits per heavy atom. The summed E-state index contributed by atoms with van der Waals surface area (Å²) in [5, 5.41) is 8.67. The van der Waals surface area contributed by atoms with Crippen LogP contribution in [0.3, 0.4) is 0 Å². The molecule has 1 unspecified atom stereocenters. The van der Waals surface area contributed by atoms with Crippen LogP contribution in [0, 0.1) is 5.92 Å². The van der Waals surface area contributed by atoms with E-state index in [9.17, 15) is 13.6 Å². The molecule has 1 heterocycles. The Kier molecular flexibility index (Phi) is 2.73. The first-order valence-electron chi connectivity index (χ1n) is 3.74. The highest BCUT2D eigenvalue weighted by Crippen LogP contribution is 2.33. The van der Waals surface area contributed by atoms with E-state index in [1.54, 1.807) is 0 Å². The molecule has 1 atom stereocenters. The highest BCUT2D eigenvalue weighted by molar-refractivity contribution is 5.73. The largest absolute Gasteiger partial charge is 0.585 e. The summed E-state index contributed by atoms with van der Waals surface area (Å²) < 4.78 is 32.5. The molecule has 6 heteroatoms. The van der Waals surface area contributed by atoms with Gasteiger partial charge in [0.15, 0.2) is 5.76 Å². The van der Waals surface area contributed by atoms with Gasteiger partial charge in [-0.15, -0.1) is 15.4 Å². The first-order valence-corrected chi connectivity index (χ1v) is 3.74. The van der Waals surface area contributed by atoms with Crippen molar-refractivity contribution in [3.05, 3.63) is 24.7 Å². The number of carboxylic acid groups (broad SMARTS) is 1. The van der Waals surface area contributed by atoms with E-state index in [4.69, 9.17) is 5.11 Å². The minimum Gasteiger partial charge on any atom is -0.481 e. The van der Waals surface area contributed by atoms with E-state index in [2.05, 4.69) is 16.1 Å². The Balaban J connectivity index is 2.72. The number of carbonyl (C=O) groups is 1. The molecular formula is C8H8F2O4. The van der Waals surface area contributed by atoms with Gasteiger partial charge < -0.3 is 14.6 Å². The number of ether oxygens (including phenoxy) is 2. The minimum atomic E-state index is -3.76. The van der Waals surface area contributed by atoms with E-state index in [0.717, 1.165) is 0 Å². The lowest BCUT2D eigenvalue weighted by Crippen LogP contribution is -2.21. The molecule has 0 fully saturated rings. The van der Waals surface area contributed by atoms with Crippen molar-refractivity contribution in [3.63, 3.8) is 0 Å². The number of carboxylic acids is 1. The van der Waals surface area contributed by atoms with E-state index in [1.807, 2.05) is 0 Å². The number of halogens is 2. The number of alkyl halides is 2. The predicted molar refractivity (Wildman–Crippen MR) is 41.1 cm³/mol. The lowest BCUT2D eigenvalue weighted by atomic mass is 10.0. The van der Waals surface area contributed by atoms with Crippen LogP contribution in [0.1, 0.15) is 6.42 Å². The molecule has 1 aliphatic heterocycles. The Morgan fingerprint density at radius 2 is 2.43 bits per heavy atom. The van der Waals surface area contributed by atoms with Crippen molar-refractivity contribution in [1.29, 1.82) is 0 Å². The Hall–Kier alpha value is -1.59. The summed E-state index contributed by atoms with van der Waals surface area (Å²) in [6, 6.07) is 0. The monoisotopic (exact) mass is 206 g/mol. The van der Waals surface area contributed by atoms with Gasteiger partial charge in [-0.05, 0) is 6.42 Å². The van der Waals surface area contributed by atoms with Gasteiger partial charge in [-0.1, -0.05) is 6.08 Å². The van der Waals surface area contributed by atoms with Crippen molar-refractivity contribution in [2.75, 3.05) is 0 Å². The number of hydrogen-bond acceptors (Lipinski definition) is 3. The molecular weight excluding hydrogens is 198 g/mol. The van der Waals surface area contributed by atoms with Crippen LogP contribution in [0.5, 0.6) is 0 Å². The second-order valence-electron chi connectivity index (χ2n) is 2.62. The fourth-order valence-electron chi connectivity index (χ4n) is 0.971. The quantitative estimate of drug-likeness (QED) is 0.711. The van der Waals surface area contributed by atoms with Crippen LogP contribution in [0.4, 0.5) is 8.78 Å². The van der Waals surface area contributed by atoms with Gasteiger partial charge in [0.05, 0.1) is 0 Å². The summed E-state index contributed by atoms with van der Waals surface area (Å²) in [7, 11) is 0. The van der Waals surface area contributed by atoms with Crippen molar-refractivity contribution >= 4 is 5.97 Å². The van der Waals surface area contributed by atoms with Crippen LogP contribution in [0.25, 0.3) is 0 Å². The molecule has 0 aliphatic carbocycles. The average molecular weight is 206 g/mol. The van der Waals surface area contributed by atoms with Crippen molar-refractivity contribution in [2.45, 2.75) is 12.7 Å². The highest BCUT2D eigenvalue weighted by atomic mass is 19.3. The third kappa shape index (κ3) is 2.21. The molecule has 0 radical (unpaired) electrons. The van der Waals surface area contributed by atoms with Crippen molar-refractivity contribution < 1.29 is 28.2 Å². The summed E-state index contributed by atoms with van der Waals surface area (Å²) in [4.78, 5) is 10.6. The van der Waals surface area contributed by atoms with Crippen LogP contribution in [-0.2, 0) is 14.3 Å². The van der Waals surface area contributed by atoms with Crippen LogP contribution in [0.15, 0.2) is 24.7 Å². The van der Waals surface area contributed by atoms with Gasteiger partial charge in [0, 0.05) is 0 Å². The Morgan fingerprint density at radius 1 is 1.79 bits per heavy atom. The molecule has 0 bridgehead atoms. The van der Waals surface area contributed by atoms with Gasteiger partial charge in [-0.2, -0.15) is 0 Å². The zero-order valence-corrected chi connectivity index (χ0v) is 7.07. The fraction of sp³-hybridized carbons (Fsp3) is 0.375.